The van der Waals surface area contributed by atoms with Gasteiger partial charge in [0.2, 0.25) is 5.95 Å². The van der Waals surface area contributed by atoms with Gasteiger partial charge in [0.05, 0.1) is 17.1 Å². The van der Waals surface area contributed by atoms with Gasteiger partial charge >= 0.3 is 12.2 Å². The lowest BCUT2D eigenvalue weighted by Crippen LogP contribution is -2.35. The molecule has 0 spiro atoms. The Labute approximate surface area is 168 Å². The smallest absolute Gasteiger partial charge is 0.351 e. The van der Waals surface area contributed by atoms with Crippen LogP contribution in [-0.4, -0.2) is 11.0 Å². The number of carbonyl (C=O) groups is 1. The van der Waals surface area contributed by atoms with Crippen molar-refractivity contribution >= 4 is 23.3 Å². The Hall–Kier alpha value is -3.13. The molecule has 0 saturated carbocycles. The van der Waals surface area contributed by atoms with Gasteiger partial charge in [-0.3, -0.25) is 4.90 Å². The summed E-state index contributed by atoms with van der Waals surface area (Å²) in [5, 5.41) is -0.470. The topological polar surface area (TPSA) is 59.2 Å². The van der Waals surface area contributed by atoms with E-state index in [4.69, 9.17) is 17.3 Å². The highest BCUT2D eigenvalue weighted by Crippen LogP contribution is 2.37. The maximum Gasteiger partial charge on any atom is 0.417 e. The van der Waals surface area contributed by atoms with Gasteiger partial charge in [0.25, 0.3) is 0 Å². The molecular weight excluding hydrogens is 410 g/mol. The van der Waals surface area contributed by atoms with Crippen molar-refractivity contribution in [2.45, 2.75) is 12.7 Å². The van der Waals surface area contributed by atoms with Crippen molar-refractivity contribution < 1.29 is 22.4 Å². The summed E-state index contributed by atoms with van der Waals surface area (Å²) in [6.45, 7) is -0.0454. The van der Waals surface area contributed by atoms with E-state index in [-0.39, 0.29) is 12.2 Å². The van der Waals surface area contributed by atoms with E-state index in [1.54, 1.807) is 30.3 Å². The quantitative estimate of drug-likeness (QED) is 0.435. The van der Waals surface area contributed by atoms with E-state index in [0.29, 0.717) is 11.1 Å². The molecule has 0 bridgehead atoms. The summed E-state index contributed by atoms with van der Waals surface area (Å²) in [6.07, 6.45) is -3.28. The number of alkyl halides is 3. The van der Waals surface area contributed by atoms with Gasteiger partial charge in [-0.1, -0.05) is 35.9 Å². The van der Waals surface area contributed by atoms with E-state index in [9.17, 15) is 22.4 Å². The fourth-order valence-electron chi connectivity index (χ4n) is 2.73. The first-order valence-electron chi connectivity index (χ1n) is 8.30. The summed E-state index contributed by atoms with van der Waals surface area (Å²) in [6, 6.07) is 11.9. The Bertz CT molecular complexity index is 1020. The highest BCUT2D eigenvalue weighted by atomic mass is 35.5. The van der Waals surface area contributed by atoms with Crippen molar-refractivity contribution in [2.75, 3.05) is 4.90 Å². The Morgan fingerprint density at radius 1 is 1.03 bits per heavy atom. The van der Waals surface area contributed by atoms with Crippen LogP contribution in [0.25, 0.3) is 11.1 Å². The number of benzene rings is 2. The average molecular weight is 424 g/mol. The molecule has 3 rings (SSSR count). The number of aromatic nitrogens is 1. The standard InChI is InChI=1S/C20H14ClF4N3O/c21-17-7-6-15(9-16(17)20(23,24)25)28(19(26)29)11-12-1-3-13(4-2-12)14-5-8-18(22)27-10-14/h1-10H,11H2,(H2,26,29). The molecule has 0 aliphatic carbocycles. The highest BCUT2D eigenvalue weighted by Gasteiger charge is 2.34. The van der Waals surface area contributed by atoms with Crippen molar-refractivity contribution in [1.29, 1.82) is 0 Å². The molecule has 2 N–H and O–H groups in total. The van der Waals surface area contributed by atoms with Crippen molar-refractivity contribution in [3.8, 4) is 11.1 Å². The van der Waals surface area contributed by atoms with Crippen LogP contribution in [0.2, 0.25) is 5.02 Å². The number of halogens is 5. The molecule has 9 heteroatoms. The molecule has 1 aromatic heterocycles. The zero-order chi connectivity index (χ0) is 21.2. The minimum absolute atomic E-state index is 0.0268. The minimum atomic E-state index is -4.67. The van der Waals surface area contributed by atoms with Gasteiger partial charge in [-0.25, -0.2) is 9.78 Å². The number of urea groups is 1. The molecule has 0 aliphatic heterocycles. The Morgan fingerprint density at radius 2 is 1.69 bits per heavy atom. The second-order valence-corrected chi connectivity index (χ2v) is 6.56. The number of hydrogen-bond donors (Lipinski definition) is 1. The number of carbonyl (C=O) groups excluding carboxylic acids is 1. The summed E-state index contributed by atoms with van der Waals surface area (Å²) in [5.41, 5.74) is 6.38. The molecular formula is C20H14ClF4N3O. The van der Waals surface area contributed by atoms with Crippen LogP contribution in [0.5, 0.6) is 0 Å². The first-order chi connectivity index (χ1) is 13.6. The first kappa shape index (κ1) is 20.6. The fourth-order valence-corrected chi connectivity index (χ4v) is 2.95. The maximum atomic E-state index is 13.1. The van der Waals surface area contributed by atoms with E-state index in [2.05, 4.69) is 4.98 Å². The van der Waals surface area contributed by atoms with E-state index in [0.717, 1.165) is 22.6 Å². The Morgan fingerprint density at radius 3 is 2.24 bits per heavy atom. The molecule has 4 nitrogen and oxygen atoms in total. The number of nitrogens with two attached hydrogens (primary N) is 1. The van der Waals surface area contributed by atoms with Crippen LogP contribution in [0.3, 0.4) is 0 Å². The third-order valence-electron chi connectivity index (χ3n) is 4.19. The van der Waals surface area contributed by atoms with Crippen LogP contribution in [0.1, 0.15) is 11.1 Å². The number of amides is 2. The SMILES string of the molecule is NC(=O)N(Cc1ccc(-c2ccc(F)nc2)cc1)c1ccc(Cl)c(C(F)(F)F)c1. The second kappa shape index (κ2) is 8.08. The number of nitrogens with zero attached hydrogens (tertiary/aromatic N) is 2. The van der Waals surface area contributed by atoms with E-state index >= 15 is 0 Å². The van der Waals surface area contributed by atoms with Gasteiger partial charge in [-0.15, -0.1) is 0 Å². The van der Waals surface area contributed by atoms with Crippen molar-refractivity contribution in [2.24, 2.45) is 5.73 Å². The van der Waals surface area contributed by atoms with Crippen molar-refractivity contribution in [3.63, 3.8) is 0 Å². The van der Waals surface area contributed by atoms with E-state index < -0.39 is 28.7 Å². The lowest BCUT2D eigenvalue weighted by molar-refractivity contribution is -0.137. The minimum Gasteiger partial charge on any atom is -0.351 e. The second-order valence-electron chi connectivity index (χ2n) is 6.15. The molecule has 1 heterocycles. The van der Waals surface area contributed by atoms with Crippen LogP contribution in [0.4, 0.5) is 28.0 Å². The van der Waals surface area contributed by atoms with Gasteiger partial charge in [-0.05, 0) is 41.5 Å². The van der Waals surface area contributed by atoms with E-state index in [1.807, 2.05) is 0 Å². The normalized spacial score (nSPS) is 11.3. The zero-order valence-corrected chi connectivity index (χ0v) is 15.5. The predicted octanol–water partition coefficient (Wildman–Crippen LogP) is 5.65. The number of anilines is 1. The zero-order valence-electron chi connectivity index (χ0n) is 14.8. The maximum absolute atomic E-state index is 13.1. The summed E-state index contributed by atoms with van der Waals surface area (Å²) in [4.78, 5) is 16.5. The summed E-state index contributed by atoms with van der Waals surface area (Å²) >= 11 is 5.63. The molecule has 0 atom stereocenters. The number of pyridine rings is 1. The molecule has 0 saturated heterocycles. The molecule has 0 aliphatic rings. The van der Waals surface area contributed by atoms with Crippen LogP contribution < -0.4 is 10.6 Å². The third-order valence-corrected chi connectivity index (χ3v) is 4.52. The summed E-state index contributed by atoms with van der Waals surface area (Å²) in [7, 11) is 0. The Balaban J connectivity index is 1.86. The largest absolute Gasteiger partial charge is 0.417 e. The number of hydrogen-bond acceptors (Lipinski definition) is 2. The van der Waals surface area contributed by atoms with Crippen LogP contribution in [0, 0.1) is 5.95 Å². The predicted molar refractivity (Wildman–Crippen MR) is 102 cm³/mol. The molecule has 2 amide bonds. The van der Waals surface area contributed by atoms with E-state index in [1.165, 1.54) is 18.3 Å². The molecule has 150 valence electrons. The van der Waals surface area contributed by atoms with Gasteiger partial charge in [0.15, 0.2) is 0 Å². The van der Waals surface area contributed by atoms with Crippen molar-refractivity contribution in [3.05, 3.63) is 82.9 Å². The highest BCUT2D eigenvalue weighted by molar-refractivity contribution is 6.31. The number of rotatable bonds is 4. The van der Waals surface area contributed by atoms with Crippen LogP contribution >= 0.6 is 11.6 Å². The fraction of sp³-hybridized carbons (Fsp3) is 0.100. The van der Waals surface area contributed by atoms with Crippen molar-refractivity contribution in [1.82, 2.24) is 4.98 Å². The average Bonchev–Trinajstić information content (AvgIpc) is 2.67. The van der Waals surface area contributed by atoms with Gasteiger partial charge in [0, 0.05) is 17.4 Å². The molecule has 29 heavy (non-hydrogen) atoms. The molecule has 0 unspecified atom stereocenters. The Kier molecular flexibility index (Phi) is 5.74. The molecule has 3 aromatic rings. The van der Waals surface area contributed by atoms with Gasteiger partial charge in [0.1, 0.15) is 0 Å². The molecule has 0 radical (unpaired) electrons. The third kappa shape index (κ3) is 4.83. The number of primary amides is 1. The molecule has 2 aromatic carbocycles. The monoisotopic (exact) mass is 423 g/mol. The lowest BCUT2D eigenvalue weighted by atomic mass is 10.1. The van der Waals surface area contributed by atoms with Crippen LogP contribution in [0.15, 0.2) is 60.8 Å². The van der Waals surface area contributed by atoms with Crippen LogP contribution in [-0.2, 0) is 12.7 Å². The summed E-state index contributed by atoms with van der Waals surface area (Å²) < 4.78 is 52.2. The molecule has 0 fully saturated rings. The lowest BCUT2D eigenvalue weighted by Gasteiger charge is -2.22. The van der Waals surface area contributed by atoms with Gasteiger partial charge in [-0.2, -0.15) is 17.6 Å². The van der Waals surface area contributed by atoms with Gasteiger partial charge < -0.3 is 5.73 Å². The summed E-state index contributed by atoms with van der Waals surface area (Å²) in [5.74, 6) is -0.594. The first-order valence-corrected chi connectivity index (χ1v) is 8.67.